The van der Waals surface area contributed by atoms with Crippen LogP contribution in [0.2, 0.25) is 0 Å². The molecular formula is C25H31N5O4S. The predicted molar refractivity (Wildman–Crippen MR) is 133 cm³/mol. The molecular weight excluding hydrogens is 466 g/mol. The van der Waals surface area contributed by atoms with Crippen molar-refractivity contribution in [2.24, 2.45) is 7.05 Å². The van der Waals surface area contributed by atoms with Gasteiger partial charge in [0.15, 0.2) is 0 Å². The fraction of sp³-hybridized carbons (Fsp3) is 0.400. The van der Waals surface area contributed by atoms with Crippen molar-refractivity contribution < 1.29 is 18.0 Å². The van der Waals surface area contributed by atoms with Crippen LogP contribution in [0.3, 0.4) is 0 Å². The van der Waals surface area contributed by atoms with E-state index in [1.54, 1.807) is 18.2 Å². The highest BCUT2D eigenvalue weighted by atomic mass is 32.2. The number of hydrogen-bond donors (Lipinski definition) is 2. The Morgan fingerprint density at radius 3 is 2.51 bits per heavy atom. The zero-order chi connectivity index (χ0) is 25.2. The molecule has 2 N–H and O–H groups in total. The summed E-state index contributed by atoms with van der Waals surface area (Å²) in [5.41, 5.74) is 2.31. The highest BCUT2D eigenvalue weighted by molar-refractivity contribution is 7.89. The topological polar surface area (TPSA) is 113 Å². The van der Waals surface area contributed by atoms with Gasteiger partial charge < -0.3 is 15.2 Å². The maximum Gasteiger partial charge on any atom is 0.243 e. The number of nitrogens with one attached hydrogen (secondary N) is 2. The highest BCUT2D eigenvalue weighted by Crippen LogP contribution is 2.22. The van der Waals surface area contributed by atoms with Crippen LogP contribution in [0.1, 0.15) is 30.7 Å². The molecule has 2 aromatic carbocycles. The van der Waals surface area contributed by atoms with E-state index >= 15 is 0 Å². The van der Waals surface area contributed by atoms with Gasteiger partial charge in [-0.2, -0.15) is 0 Å². The molecule has 1 fully saturated rings. The molecule has 1 aliphatic rings. The van der Waals surface area contributed by atoms with E-state index in [1.807, 2.05) is 41.9 Å². The van der Waals surface area contributed by atoms with E-state index in [-0.39, 0.29) is 29.2 Å². The Hall–Kier alpha value is -3.24. The molecule has 1 saturated carbocycles. The molecule has 186 valence electrons. The lowest BCUT2D eigenvalue weighted by Gasteiger charge is -2.18. The molecule has 1 heterocycles. The molecule has 35 heavy (non-hydrogen) atoms. The first-order valence-electron chi connectivity index (χ1n) is 11.7. The van der Waals surface area contributed by atoms with E-state index in [1.165, 1.54) is 14.1 Å². The minimum absolute atomic E-state index is 0.155. The van der Waals surface area contributed by atoms with E-state index in [0.717, 1.165) is 28.2 Å². The summed E-state index contributed by atoms with van der Waals surface area (Å²) in [6, 6.07) is 14.0. The zero-order valence-electron chi connectivity index (χ0n) is 20.2. The van der Waals surface area contributed by atoms with Crippen LogP contribution in [-0.4, -0.2) is 60.3 Å². The second kappa shape index (κ2) is 10.2. The molecule has 0 bridgehead atoms. The Kier molecular flexibility index (Phi) is 7.23. The monoisotopic (exact) mass is 497 g/mol. The van der Waals surface area contributed by atoms with Crippen molar-refractivity contribution in [3.05, 3.63) is 59.9 Å². The van der Waals surface area contributed by atoms with E-state index < -0.39 is 16.1 Å². The lowest BCUT2D eigenvalue weighted by Crippen LogP contribution is -2.48. The third-order valence-electron chi connectivity index (χ3n) is 6.16. The first-order chi connectivity index (χ1) is 16.6. The maximum atomic E-state index is 12.8. The second-order valence-electron chi connectivity index (χ2n) is 9.12. The van der Waals surface area contributed by atoms with Crippen molar-refractivity contribution in [1.29, 1.82) is 0 Å². The minimum Gasteiger partial charge on any atom is -0.352 e. The van der Waals surface area contributed by atoms with Crippen molar-refractivity contribution in [2.75, 3.05) is 14.1 Å². The number of imidazole rings is 1. The first kappa shape index (κ1) is 24.9. The summed E-state index contributed by atoms with van der Waals surface area (Å²) in [6.07, 6.45) is 2.88. The average molecular weight is 498 g/mol. The standard InChI is InChI=1S/C25H31N5O4S/c1-29(2)35(33,34)19-11-12-22-20(16-19)27-23(30(22)3)13-14-24(31)28-21(25(32)26-18-9-10-18)15-17-7-5-4-6-8-17/h4-8,11-12,16,18,21H,9-10,13-15H2,1-3H3,(H,26,32)(H,28,31). The number of carbonyl (C=O) groups excluding carboxylic acids is 2. The van der Waals surface area contributed by atoms with Crippen molar-refractivity contribution >= 4 is 32.9 Å². The summed E-state index contributed by atoms with van der Waals surface area (Å²) in [4.78, 5) is 30.3. The number of benzene rings is 2. The number of hydrogen-bond acceptors (Lipinski definition) is 5. The first-order valence-corrected chi connectivity index (χ1v) is 13.1. The van der Waals surface area contributed by atoms with Gasteiger partial charge in [-0.3, -0.25) is 9.59 Å². The lowest BCUT2D eigenvalue weighted by molar-refractivity contribution is -0.129. The smallest absolute Gasteiger partial charge is 0.243 e. The Balaban J connectivity index is 1.44. The van der Waals surface area contributed by atoms with Crippen molar-refractivity contribution in [1.82, 2.24) is 24.5 Å². The molecule has 0 saturated heterocycles. The molecule has 4 rings (SSSR count). The quantitative estimate of drug-likeness (QED) is 0.443. The molecule has 3 aromatic rings. The van der Waals surface area contributed by atoms with Crippen LogP contribution in [0, 0.1) is 0 Å². The summed E-state index contributed by atoms with van der Waals surface area (Å²) in [5.74, 6) is 0.262. The molecule has 1 atom stereocenters. The normalized spacial score (nSPS) is 14.7. The van der Waals surface area contributed by atoms with Gasteiger partial charge in [0.2, 0.25) is 21.8 Å². The lowest BCUT2D eigenvalue weighted by atomic mass is 10.0. The molecule has 0 radical (unpaired) electrons. The summed E-state index contributed by atoms with van der Waals surface area (Å²) >= 11 is 0. The highest BCUT2D eigenvalue weighted by Gasteiger charge is 2.28. The average Bonchev–Trinajstić information content (AvgIpc) is 3.59. The molecule has 1 unspecified atom stereocenters. The van der Waals surface area contributed by atoms with Gasteiger partial charge in [-0.05, 0) is 36.6 Å². The van der Waals surface area contributed by atoms with Crippen molar-refractivity contribution in [3.8, 4) is 0 Å². The van der Waals surface area contributed by atoms with E-state index in [0.29, 0.717) is 24.2 Å². The molecule has 2 amide bonds. The maximum absolute atomic E-state index is 12.8. The van der Waals surface area contributed by atoms with Crippen molar-refractivity contribution in [3.63, 3.8) is 0 Å². The number of aryl methyl sites for hydroxylation is 2. The summed E-state index contributed by atoms with van der Waals surface area (Å²) in [7, 11) is 1.24. The summed E-state index contributed by atoms with van der Waals surface area (Å²) in [6.45, 7) is 0. The fourth-order valence-electron chi connectivity index (χ4n) is 3.90. The Bertz CT molecular complexity index is 1330. The molecule has 9 nitrogen and oxygen atoms in total. The Morgan fingerprint density at radius 2 is 1.86 bits per heavy atom. The van der Waals surface area contributed by atoms with Gasteiger partial charge in [0, 0.05) is 46.4 Å². The van der Waals surface area contributed by atoms with Crippen LogP contribution in [0.25, 0.3) is 11.0 Å². The fourth-order valence-corrected chi connectivity index (χ4v) is 4.83. The van der Waals surface area contributed by atoms with Crippen LogP contribution in [0.4, 0.5) is 0 Å². The summed E-state index contributed by atoms with van der Waals surface area (Å²) < 4.78 is 27.9. The van der Waals surface area contributed by atoms with Gasteiger partial charge in [0.05, 0.1) is 15.9 Å². The number of amides is 2. The Morgan fingerprint density at radius 1 is 1.14 bits per heavy atom. The van der Waals surface area contributed by atoms with Gasteiger partial charge in [0.25, 0.3) is 0 Å². The number of fused-ring (bicyclic) bond motifs is 1. The molecule has 1 aliphatic carbocycles. The van der Waals surface area contributed by atoms with Crippen LogP contribution in [0.5, 0.6) is 0 Å². The van der Waals surface area contributed by atoms with Gasteiger partial charge in [-0.1, -0.05) is 30.3 Å². The van der Waals surface area contributed by atoms with Crippen molar-refractivity contribution in [2.45, 2.75) is 49.1 Å². The number of nitrogens with zero attached hydrogens (tertiary/aromatic N) is 3. The minimum atomic E-state index is -3.57. The molecule has 0 aliphatic heterocycles. The predicted octanol–water partition coefficient (Wildman–Crippen LogP) is 1.76. The van der Waals surface area contributed by atoms with Crippen LogP contribution < -0.4 is 10.6 Å². The third kappa shape index (κ3) is 5.88. The van der Waals surface area contributed by atoms with E-state index in [9.17, 15) is 18.0 Å². The van der Waals surface area contributed by atoms with Crippen LogP contribution in [-0.2, 0) is 39.5 Å². The number of rotatable bonds is 10. The van der Waals surface area contributed by atoms with E-state index in [4.69, 9.17) is 0 Å². The van der Waals surface area contributed by atoms with Gasteiger partial charge in [-0.25, -0.2) is 17.7 Å². The zero-order valence-corrected chi connectivity index (χ0v) is 21.0. The van der Waals surface area contributed by atoms with Crippen LogP contribution >= 0.6 is 0 Å². The number of carbonyl (C=O) groups is 2. The van der Waals surface area contributed by atoms with Gasteiger partial charge in [-0.15, -0.1) is 0 Å². The second-order valence-corrected chi connectivity index (χ2v) is 11.3. The van der Waals surface area contributed by atoms with Gasteiger partial charge >= 0.3 is 0 Å². The molecule has 10 heteroatoms. The summed E-state index contributed by atoms with van der Waals surface area (Å²) in [5, 5.41) is 5.87. The SMILES string of the molecule is CN(C)S(=O)(=O)c1ccc2c(c1)nc(CCC(=O)NC(Cc1ccccc1)C(=O)NC1CC1)n2C. The molecule has 1 aromatic heterocycles. The third-order valence-corrected chi connectivity index (χ3v) is 7.97. The molecule has 0 spiro atoms. The largest absolute Gasteiger partial charge is 0.352 e. The number of sulfonamides is 1. The van der Waals surface area contributed by atoms with Crippen LogP contribution in [0.15, 0.2) is 53.4 Å². The van der Waals surface area contributed by atoms with E-state index in [2.05, 4.69) is 15.6 Å². The Labute approximate surface area is 205 Å². The number of aromatic nitrogens is 2. The van der Waals surface area contributed by atoms with Gasteiger partial charge in [0.1, 0.15) is 11.9 Å².